The van der Waals surface area contributed by atoms with Crippen molar-refractivity contribution in [2.24, 2.45) is 5.73 Å². The summed E-state index contributed by atoms with van der Waals surface area (Å²) in [6.45, 7) is 3.48. The van der Waals surface area contributed by atoms with Crippen LogP contribution in [0, 0.1) is 0 Å². The van der Waals surface area contributed by atoms with Crippen molar-refractivity contribution in [1.82, 2.24) is 0 Å². The van der Waals surface area contributed by atoms with E-state index in [0.29, 0.717) is 12.8 Å². The van der Waals surface area contributed by atoms with Crippen LogP contribution in [-0.4, -0.2) is 23.0 Å². The van der Waals surface area contributed by atoms with Crippen molar-refractivity contribution in [2.45, 2.75) is 38.3 Å². The Morgan fingerprint density at radius 3 is 2.50 bits per heavy atom. The van der Waals surface area contributed by atoms with Gasteiger partial charge in [0.15, 0.2) is 0 Å². The maximum absolute atomic E-state index is 9.88. The third-order valence-corrected chi connectivity index (χ3v) is 1.42. The Hall–Kier alpha value is -0.410. The quantitative estimate of drug-likeness (QED) is 0.550. The van der Waals surface area contributed by atoms with Gasteiger partial charge in [0.2, 0.25) is 0 Å². The van der Waals surface area contributed by atoms with Crippen LogP contribution < -0.4 is 5.73 Å². The topological polar surface area (TPSA) is 63.3 Å². The highest BCUT2D eigenvalue weighted by molar-refractivity contribution is 5.49. The monoisotopic (exact) mass is 145 g/mol. The van der Waals surface area contributed by atoms with Gasteiger partial charge in [0.05, 0.1) is 6.10 Å². The zero-order valence-corrected chi connectivity index (χ0v) is 6.50. The first-order valence-corrected chi connectivity index (χ1v) is 3.39. The Morgan fingerprint density at radius 2 is 2.20 bits per heavy atom. The summed E-state index contributed by atoms with van der Waals surface area (Å²) in [6.07, 6.45) is 1.03. The highest BCUT2D eigenvalue weighted by atomic mass is 16.3. The second-order valence-corrected chi connectivity index (χ2v) is 3.08. The molecule has 3 heteroatoms. The highest BCUT2D eigenvalue weighted by Gasteiger charge is 2.21. The van der Waals surface area contributed by atoms with Crippen molar-refractivity contribution in [2.75, 3.05) is 0 Å². The minimum Gasteiger partial charge on any atom is -0.391 e. The molecular weight excluding hydrogens is 130 g/mol. The predicted octanol–water partition coefficient (Wildman–Crippen LogP) is 0.0637. The summed E-state index contributed by atoms with van der Waals surface area (Å²) in [6, 6.07) is 0. The molecule has 0 saturated carbocycles. The smallest absolute Gasteiger partial charge is 0.120 e. The SMILES string of the molecule is CC(C)(N)C(O)CCC=O. The summed E-state index contributed by atoms with van der Waals surface area (Å²) in [5.41, 5.74) is 4.96. The molecule has 0 aromatic heterocycles. The van der Waals surface area contributed by atoms with E-state index in [2.05, 4.69) is 0 Å². The Bertz CT molecular complexity index is 107. The van der Waals surface area contributed by atoms with Crippen molar-refractivity contribution in [1.29, 1.82) is 0 Å². The second-order valence-electron chi connectivity index (χ2n) is 3.08. The molecule has 0 fully saturated rings. The van der Waals surface area contributed by atoms with Gasteiger partial charge in [-0.3, -0.25) is 0 Å². The number of hydrogen-bond acceptors (Lipinski definition) is 3. The third kappa shape index (κ3) is 3.58. The molecule has 0 aliphatic carbocycles. The molecule has 3 nitrogen and oxygen atoms in total. The van der Waals surface area contributed by atoms with Crippen molar-refractivity contribution in [3.05, 3.63) is 0 Å². The minimum atomic E-state index is -0.594. The molecule has 0 radical (unpaired) electrons. The van der Waals surface area contributed by atoms with Gasteiger partial charge in [-0.15, -0.1) is 0 Å². The van der Waals surface area contributed by atoms with E-state index in [9.17, 15) is 9.90 Å². The zero-order valence-electron chi connectivity index (χ0n) is 6.50. The number of aliphatic hydroxyl groups excluding tert-OH is 1. The lowest BCUT2D eigenvalue weighted by molar-refractivity contribution is -0.108. The first-order valence-electron chi connectivity index (χ1n) is 3.39. The maximum Gasteiger partial charge on any atom is 0.120 e. The van der Waals surface area contributed by atoms with E-state index < -0.39 is 11.6 Å². The summed E-state index contributed by atoms with van der Waals surface area (Å²) >= 11 is 0. The van der Waals surface area contributed by atoms with E-state index in [1.165, 1.54) is 0 Å². The maximum atomic E-state index is 9.88. The molecule has 0 saturated heterocycles. The molecule has 60 valence electrons. The second kappa shape index (κ2) is 3.68. The number of carbonyl (C=O) groups excluding carboxylic acids is 1. The molecule has 0 bridgehead atoms. The lowest BCUT2D eigenvalue weighted by Gasteiger charge is -2.24. The number of aliphatic hydroxyl groups is 1. The van der Waals surface area contributed by atoms with Crippen LogP contribution >= 0.6 is 0 Å². The van der Waals surface area contributed by atoms with Crippen LogP contribution in [0.2, 0.25) is 0 Å². The number of carbonyl (C=O) groups is 1. The average molecular weight is 145 g/mol. The van der Waals surface area contributed by atoms with Crippen molar-refractivity contribution in [3.63, 3.8) is 0 Å². The Balaban J connectivity index is 3.61. The van der Waals surface area contributed by atoms with Crippen LogP contribution in [0.25, 0.3) is 0 Å². The van der Waals surface area contributed by atoms with E-state index >= 15 is 0 Å². The van der Waals surface area contributed by atoms with Crippen molar-refractivity contribution < 1.29 is 9.90 Å². The van der Waals surface area contributed by atoms with Gasteiger partial charge in [-0.05, 0) is 20.3 Å². The number of rotatable bonds is 4. The van der Waals surface area contributed by atoms with E-state index in [1.807, 2.05) is 0 Å². The van der Waals surface area contributed by atoms with Gasteiger partial charge in [-0.1, -0.05) is 0 Å². The Kier molecular flexibility index (Phi) is 3.53. The third-order valence-electron chi connectivity index (χ3n) is 1.42. The summed E-state index contributed by atoms with van der Waals surface area (Å²) in [7, 11) is 0. The van der Waals surface area contributed by atoms with Gasteiger partial charge in [-0.25, -0.2) is 0 Å². The first kappa shape index (κ1) is 9.59. The van der Waals surface area contributed by atoms with Crippen LogP contribution in [0.3, 0.4) is 0 Å². The van der Waals surface area contributed by atoms with Gasteiger partial charge in [0, 0.05) is 12.0 Å². The standard InChI is InChI=1S/C7H15NO2/c1-7(2,8)6(10)4-3-5-9/h5-6,10H,3-4,8H2,1-2H3. The van der Waals surface area contributed by atoms with Crippen LogP contribution in [0.1, 0.15) is 26.7 Å². The molecule has 0 amide bonds. The fourth-order valence-electron chi connectivity index (χ4n) is 0.598. The van der Waals surface area contributed by atoms with E-state index in [4.69, 9.17) is 5.73 Å². The Labute approximate surface area is 61.2 Å². The van der Waals surface area contributed by atoms with Crippen molar-refractivity contribution >= 4 is 6.29 Å². The molecule has 0 aliphatic rings. The fraction of sp³-hybridized carbons (Fsp3) is 0.857. The van der Waals surface area contributed by atoms with Crippen LogP contribution in [0.15, 0.2) is 0 Å². The van der Waals surface area contributed by atoms with Gasteiger partial charge < -0.3 is 15.6 Å². The summed E-state index contributed by atoms with van der Waals surface area (Å²) in [5.74, 6) is 0. The molecule has 0 aromatic carbocycles. The zero-order chi connectivity index (χ0) is 8.20. The lowest BCUT2D eigenvalue weighted by atomic mass is 9.95. The van der Waals surface area contributed by atoms with Gasteiger partial charge in [-0.2, -0.15) is 0 Å². The summed E-state index contributed by atoms with van der Waals surface area (Å²) in [4.78, 5) is 9.88. The van der Waals surface area contributed by atoms with Crippen LogP contribution in [0.5, 0.6) is 0 Å². The van der Waals surface area contributed by atoms with E-state index in [1.54, 1.807) is 13.8 Å². The average Bonchev–Trinajstić information content (AvgIpc) is 1.80. The highest BCUT2D eigenvalue weighted by Crippen LogP contribution is 2.09. The normalized spacial score (nSPS) is 14.8. The molecule has 1 unspecified atom stereocenters. The Morgan fingerprint density at radius 1 is 1.70 bits per heavy atom. The van der Waals surface area contributed by atoms with E-state index in [-0.39, 0.29) is 0 Å². The molecule has 10 heavy (non-hydrogen) atoms. The van der Waals surface area contributed by atoms with E-state index in [0.717, 1.165) is 6.29 Å². The molecule has 0 heterocycles. The molecule has 3 N–H and O–H groups in total. The first-order chi connectivity index (χ1) is 4.48. The predicted molar refractivity (Wildman–Crippen MR) is 39.6 cm³/mol. The van der Waals surface area contributed by atoms with Crippen LogP contribution in [0.4, 0.5) is 0 Å². The fourth-order valence-corrected chi connectivity index (χ4v) is 0.598. The number of nitrogens with two attached hydrogens (primary N) is 1. The minimum absolute atomic E-state index is 0.377. The number of aldehydes is 1. The van der Waals surface area contributed by atoms with Gasteiger partial charge in [0.25, 0.3) is 0 Å². The molecule has 0 aromatic rings. The molecule has 0 spiro atoms. The van der Waals surface area contributed by atoms with Crippen molar-refractivity contribution in [3.8, 4) is 0 Å². The molecule has 0 rings (SSSR count). The van der Waals surface area contributed by atoms with Crippen LogP contribution in [-0.2, 0) is 4.79 Å². The molecule has 0 aliphatic heterocycles. The summed E-state index contributed by atoms with van der Waals surface area (Å²) in [5, 5.41) is 9.23. The summed E-state index contributed by atoms with van der Waals surface area (Å²) < 4.78 is 0. The largest absolute Gasteiger partial charge is 0.391 e. The lowest BCUT2D eigenvalue weighted by Crippen LogP contribution is -2.44. The van der Waals surface area contributed by atoms with Gasteiger partial charge in [0.1, 0.15) is 6.29 Å². The molecular formula is C7H15NO2. The number of hydrogen-bond donors (Lipinski definition) is 2. The van der Waals surface area contributed by atoms with Gasteiger partial charge >= 0.3 is 0 Å². The molecule has 1 atom stereocenters.